The van der Waals surface area contributed by atoms with E-state index in [4.69, 9.17) is 9.31 Å². The lowest BCUT2D eigenvalue weighted by atomic mass is 9.77. The van der Waals surface area contributed by atoms with Crippen molar-refractivity contribution >= 4 is 12.6 Å². The molecular weight excluding hydrogens is 448 g/mol. The Morgan fingerprint density at radius 2 is 1.66 bits per heavy atom. The molecule has 1 aliphatic rings. The Hall–Kier alpha value is -2.12. The van der Waals surface area contributed by atoms with Crippen LogP contribution in [0.2, 0.25) is 0 Å². The van der Waals surface area contributed by atoms with Crippen LogP contribution >= 0.6 is 0 Å². The van der Waals surface area contributed by atoms with Gasteiger partial charge in [0.1, 0.15) is 0 Å². The monoisotopic (exact) mass is 468 g/mol. The summed E-state index contributed by atoms with van der Waals surface area (Å²) in [6.07, 6.45) is -5.48. The number of halogens is 7. The van der Waals surface area contributed by atoms with Gasteiger partial charge in [0.2, 0.25) is 0 Å². The molecule has 0 bridgehead atoms. The smallest absolute Gasteiger partial charge is 0.399 e. The van der Waals surface area contributed by atoms with Crippen LogP contribution in [0.5, 0.6) is 0 Å². The highest BCUT2D eigenvalue weighted by Crippen LogP contribution is 2.40. The van der Waals surface area contributed by atoms with Crippen molar-refractivity contribution in [3.8, 4) is 11.1 Å². The van der Waals surface area contributed by atoms with E-state index in [1.54, 1.807) is 27.7 Å². The Labute approximate surface area is 179 Å². The molecule has 0 unspecified atom stereocenters. The molecule has 2 aromatic rings. The Morgan fingerprint density at radius 1 is 1.06 bits per heavy atom. The lowest BCUT2D eigenvalue weighted by Crippen LogP contribution is -2.41. The van der Waals surface area contributed by atoms with Crippen molar-refractivity contribution in [3.63, 3.8) is 0 Å². The summed E-state index contributed by atoms with van der Waals surface area (Å²) in [6, 6.07) is 2.00. The highest BCUT2D eigenvalue weighted by Gasteiger charge is 2.53. The number of nitrogens with zero attached hydrogens (tertiary/aromatic N) is 1. The number of nitrogens with one attached hydrogen (secondary N) is 1. The van der Waals surface area contributed by atoms with Crippen molar-refractivity contribution in [2.45, 2.75) is 58.1 Å². The minimum absolute atomic E-state index is 0.329. The zero-order valence-corrected chi connectivity index (χ0v) is 17.5. The zero-order valence-electron chi connectivity index (χ0n) is 17.5. The minimum atomic E-state index is -5.01. The van der Waals surface area contributed by atoms with Crippen LogP contribution in [-0.2, 0) is 26.6 Å². The van der Waals surface area contributed by atoms with Gasteiger partial charge in [-0.05, 0) is 27.7 Å². The Balaban J connectivity index is 2.04. The fourth-order valence-electron chi connectivity index (χ4n) is 3.21. The molecule has 1 N–H and O–H groups in total. The molecule has 0 spiro atoms. The Bertz CT molecular complexity index is 976. The number of aromatic nitrogens is 2. The largest absolute Gasteiger partial charge is 0.497 e. The molecule has 0 radical (unpaired) electrons. The van der Waals surface area contributed by atoms with Crippen molar-refractivity contribution in [2.24, 2.45) is 0 Å². The van der Waals surface area contributed by atoms with Gasteiger partial charge in [-0.25, -0.2) is 8.78 Å². The van der Waals surface area contributed by atoms with E-state index in [2.05, 4.69) is 14.9 Å². The molecule has 0 aliphatic carbocycles. The molecule has 1 aromatic carbocycles. The van der Waals surface area contributed by atoms with E-state index in [0.29, 0.717) is 0 Å². The maximum Gasteiger partial charge on any atom is 0.497 e. The van der Waals surface area contributed by atoms with Gasteiger partial charge in [-0.15, -0.1) is 0 Å². The summed E-state index contributed by atoms with van der Waals surface area (Å²) < 4.78 is 110. The fraction of sp³-hybridized carbons (Fsp3) is 0.526. The standard InChI is InChI=1S/C19H20BF7N2O3/c1-17(2)18(3,4)32-20(31-17)10-6-5-9(13(21)14(10)22)12-11(7-8-30-16(23)24)28-29-15(12)19(25,26)27/h5-6,16H,7-8H2,1-4H3,(H,28,29). The minimum Gasteiger partial charge on any atom is -0.399 e. The van der Waals surface area contributed by atoms with Gasteiger partial charge in [-0.2, -0.15) is 27.1 Å². The summed E-state index contributed by atoms with van der Waals surface area (Å²) in [4.78, 5) is 0. The first-order valence-corrected chi connectivity index (χ1v) is 9.54. The molecular formula is C19H20BF7N2O3. The lowest BCUT2D eigenvalue weighted by molar-refractivity contribution is -0.140. The van der Waals surface area contributed by atoms with E-state index in [1.807, 2.05) is 0 Å². The van der Waals surface area contributed by atoms with Crippen molar-refractivity contribution in [3.05, 3.63) is 35.2 Å². The summed E-state index contributed by atoms with van der Waals surface area (Å²) in [5.41, 5.74) is -5.41. The fourth-order valence-corrected chi connectivity index (χ4v) is 3.21. The first kappa shape index (κ1) is 24.5. The second kappa shape index (κ2) is 8.34. The second-order valence-electron chi connectivity index (χ2n) is 8.22. The number of H-pyrrole nitrogens is 1. The number of rotatable bonds is 6. The van der Waals surface area contributed by atoms with Crippen LogP contribution in [0.4, 0.5) is 30.7 Å². The third-order valence-electron chi connectivity index (χ3n) is 5.59. The SMILES string of the molecule is CC1(C)OB(c2ccc(-c3c(C(F)(F)F)n[nH]c3CCOC(F)F)c(F)c2F)OC1(C)C. The second-order valence-corrected chi connectivity index (χ2v) is 8.22. The maximum absolute atomic E-state index is 15.0. The summed E-state index contributed by atoms with van der Waals surface area (Å²) in [5, 5.41) is 5.20. The summed E-state index contributed by atoms with van der Waals surface area (Å²) >= 11 is 0. The molecule has 0 amide bonds. The van der Waals surface area contributed by atoms with Gasteiger partial charge in [0.15, 0.2) is 17.3 Å². The molecule has 0 atom stereocenters. The van der Waals surface area contributed by atoms with E-state index in [1.165, 1.54) is 0 Å². The van der Waals surface area contributed by atoms with Crippen LogP contribution in [0, 0.1) is 11.6 Å². The number of benzene rings is 1. The first-order chi connectivity index (χ1) is 14.7. The molecule has 3 rings (SSSR count). The van der Waals surface area contributed by atoms with Crippen molar-refractivity contribution in [1.29, 1.82) is 0 Å². The molecule has 176 valence electrons. The van der Waals surface area contributed by atoms with Gasteiger partial charge in [0, 0.05) is 28.7 Å². The normalized spacial score (nSPS) is 18.1. The predicted octanol–water partition coefficient (Wildman–Crippen LogP) is 4.45. The molecule has 1 saturated heterocycles. The predicted molar refractivity (Wildman–Crippen MR) is 100 cm³/mol. The van der Waals surface area contributed by atoms with E-state index < -0.39 is 72.6 Å². The first-order valence-electron chi connectivity index (χ1n) is 9.54. The molecule has 2 heterocycles. The van der Waals surface area contributed by atoms with Crippen molar-refractivity contribution in [1.82, 2.24) is 10.2 Å². The lowest BCUT2D eigenvalue weighted by Gasteiger charge is -2.32. The Kier molecular flexibility index (Phi) is 6.39. The van der Waals surface area contributed by atoms with Gasteiger partial charge in [0.25, 0.3) is 0 Å². The topological polar surface area (TPSA) is 56.4 Å². The molecule has 1 aromatic heterocycles. The van der Waals surface area contributed by atoms with Crippen LogP contribution in [0.3, 0.4) is 0 Å². The molecule has 0 saturated carbocycles. The van der Waals surface area contributed by atoms with E-state index in [9.17, 15) is 26.3 Å². The quantitative estimate of drug-likeness (QED) is 0.503. The molecule has 13 heteroatoms. The number of alkyl halides is 5. The van der Waals surface area contributed by atoms with Gasteiger partial charge in [-0.3, -0.25) is 5.10 Å². The molecule has 32 heavy (non-hydrogen) atoms. The van der Waals surface area contributed by atoms with Crippen LogP contribution in [-0.4, -0.2) is 41.7 Å². The van der Waals surface area contributed by atoms with Crippen LogP contribution in [0.25, 0.3) is 11.1 Å². The maximum atomic E-state index is 15.0. The molecule has 1 fully saturated rings. The van der Waals surface area contributed by atoms with Crippen LogP contribution in [0.15, 0.2) is 12.1 Å². The molecule has 1 aliphatic heterocycles. The van der Waals surface area contributed by atoms with Gasteiger partial charge in [0.05, 0.1) is 17.8 Å². The third kappa shape index (κ3) is 4.51. The third-order valence-corrected chi connectivity index (χ3v) is 5.59. The van der Waals surface area contributed by atoms with Crippen LogP contribution in [0.1, 0.15) is 39.1 Å². The summed E-state index contributed by atoms with van der Waals surface area (Å²) in [7, 11) is -1.28. The van der Waals surface area contributed by atoms with E-state index in [-0.39, 0.29) is 11.2 Å². The number of aromatic amines is 1. The molecule has 5 nitrogen and oxygen atoms in total. The zero-order chi connectivity index (χ0) is 24.1. The summed E-state index contributed by atoms with van der Waals surface area (Å²) in [5.74, 6) is -3.04. The summed E-state index contributed by atoms with van der Waals surface area (Å²) in [6.45, 7) is 2.99. The van der Waals surface area contributed by atoms with Gasteiger partial charge >= 0.3 is 19.9 Å². The van der Waals surface area contributed by atoms with Gasteiger partial charge in [-0.1, -0.05) is 12.1 Å². The van der Waals surface area contributed by atoms with Crippen LogP contribution < -0.4 is 5.46 Å². The average Bonchev–Trinajstić information content (AvgIpc) is 3.15. The van der Waals surface area contributed by atoms with E-state index in [0.717, 1.165) is 12.1 Å². The Morgan fingerprint density at radius 3 is 2.19 bits per heavy atom. The van der Waals surface area contributed by atoms with Crippen molar-refractivity contribution < 1.29 is 44.8 Å². The number of hydrogen-bond donors (Lipinski definition) is 1. The highest BCUT2D eigenvalue weighted by atomic mass is 19.4. The highest BCUT2D eigenvalue weighted by molar-refractivity contribution is 6.62. The van der Waals surface area contributed by atoms with Gasteiger partial charge < -0.3 is 14.0 Å². The van der Waals surface area contributed by atoms with Crippen molar-refractivity contribution in [2.75, 3.05) is 6.61 Å². The average molecular weight is 468 g/mol. The number of hydrogen-bond acceptors (Lipinski definition) is 4. The number of ether oxygens (including phenoxy) is 1. The van der Waals surface area contributed by atoms with E-state index >= 15 is 4.39 Å².